The highest BCUT2D eigenvalue weighted by atomic mass is 32.2. The molecule has 0 aliphatic rings. The number of para-hydroxylation sites is 1. The van der Waals surface area contributed by atoms with E-state index in [4.69, 9.17) is 0 Å². The highest BCUT2D eigenvalue weighted by Crippen LogP contribution is 2.23. The van der Waals surface area contributed by atoms with Gasteiger partial charge < -0.3 is 5.32 Å². The number of hydrogen-bond acceptors (Lipinski definition) is 6. The first-order chi connectivity index (χ1) is 13.8. The predicted octanol–water partition coefficient (Wildman–Crippen LogP) is 4.19. The van der Waals surface area contributed by atoms with E-state index in [1.165, 1.54) is 32.7 Å². The van der Waals surface area contributed by atoms with Crippen LogP contribution in [0.1, 0.15) is 49.4 Å². The molecule has 1 heterocycles. The Morgan fingerprint density at radius 3 is 2.45 bits per heavy atom. The molecule has 2 aromatic rings. The fourth-order valence-electron chi connectivity index (χ4n) is 2.65. The zero-order valence-electron chi connectivity index (χ0n) is 17.1. The Morgan fingerprint density at radius 1 is 1.07 bits per heavy atom. The van der Waals surface area contributed by atoms with Crippen molar-refractivity contribution in [3.63, 3.8) is 0 Å². The molecule has 0 aliphatic carbocycles. The number of amides is 1. The number of carbonyl (C=O) groups excluding carboxylic acids is 1. The number of carbonyl (C=O) groups is 1. The van der Waals surface area contributed by atoms with E-state index in [0.717, 1.165) is 27.8 Å². The van der Waals surface area contributed by atoms with Gasteiger partial charge in [-0.3, -0.25) is 9.10 Å². The summed E-state index contributed by atoms with van der Waals surface area (Å²) < 4.78 is 24.7. The molecule has 2 rings (SSSR count). The summed E-state index contributed by atoms with van der Waals surface area (Å²) in [4.78, 5) is 12.6. The van der Waals surface area contributed by atoms with Crippen molar-refractivity contribution in [3.05, 3.63) is 42.0 Å². The molecule has 0 radical (unpaired) electrons. The molecule has 1 aromatic carbocycles. The zero-order valence-corrected chi connectivity index (χ0v) is 18.7. The Bertz CT molecular complexity index is 902. The van der Waals surface area contributed by atoms with Crippen LogP contribution in [0.4, 0.5) is 11.5 Å². The molecule has 0 saturated heterocycles. The number of aromatic nitrogens is 2. The van der Waals surface area contributed by atoms with Crippen LogP contribution in [0.15, 0.2) is 41.4 Å². The van der Waals surface area contributed by atoms with Crippen LogP contribution in [0.3, 0.4) is 0 Å². The second-order valence-corrected chi connectivity index (χ2v) is 9.85. The van der Waals surface area contributed by atoms with Gasteiger partial charge in [0, 0.05) is 7.05 Å². The number of unbranched alkanes of at least 4 members (excludes halogenated alkanes) is 4. The average Bonchev–Trinajstić information content (AvgIpc) is 2.70. The van der Waals surface area contributed by atoms with Crippen molar-refractivity contribution in [2.24, 2.45) is 0 Å². The Hall–Kier alpha value is -2.13. The number of rotatable bonds is 11. The number of anilines is 2. The van der Waals surface area contributed by atoms with Crippen molar-refractivity contribution in [1.82, 2.24) is 10.2 Å². The minimum Gasteiger partial charge on any atom is -0.305 e. The van der Waals surface area contributed by atoms with E-state index in [0.29, 0.717) is 11.5 Å². The molecule has 1 N–H and O–H groups in total. The summed E-state index contributed by atoms with van der Waals surface area (Å²) in [6, 6.07) is 10.0. The van der Waals surface area contributed by atoms with Gasteiger partial charge in [-0.15, -0.1) is 22.0 Å². The fourth-order valence-corrected chi connectivity index (χ4v) is 3.99. The highest BCUT2D eigenvalue weighted by molar-refractivity contribution is 7.99. The summed E-state index contributed by atoms with van der Waals surface area (Å²) in [5.74, 6) is 0.871. The van der Waals surface area contributed by atoms with Crippen molar-refractivity contribution in [3.8, 4) is 0 Å². The van der Waals surface area contributed by atoms with Crippen LogP contribution in [0.2, 0.25) is 0 Å². The van der Waals surface area contributed by atoms with Crippen LogP contribution >= 0.6 is 11.8 Å². The number of nitrogens with zero attached hydrogens (tertiary/aromatic N) is 3. The van der Waals surface area contributed by atoms with Crippen LogP contribution in [-0.4, -0.2) is 43.6 Å². The van der Waals surface area contributed by atoms with E-state index in [1.54, 1.807) is 42.1 Å². The first-order valence-corrected chi connectivity index (χ1v) is 12.5. The molecule has 1 amide bonds. The third-order valence-corrected chi connectivity index (χ3v) is 6.56. The van der Waals surface area contributed by atoms with Crippen molar-refractivity contribution >= 4 is 39.2 Å². The number of thioether (sulfide) groups is 1. The molecule has 158 valence electrons. The molecule has 0 aliphatic heterocycles. The average molecular weight is 437 g/mol. The van der Waals surface area contributed by atoms with Crippen molar-refractivity contribution in [2.75, 3.05) is 28.7 Å². The first kappa shape index (κ1) is 23.2. The summed E-state index contributed by atoms with van der Waals surface area (Å²) in [5, 5.41) is 11.7. The predicted molar refractivity (Wildman–Crippen MR) is 119 cm³/mol. The lowest BCUT2D eigenvalue weighted by atomic mass is 10.1. The van der Waals surface area contributed by atoms with Gasteiger partial charge in [0.2, 0.25) is 10.0 Å². The molecule has 1 aromatic heterocycles. The summed E-state index contributed by atoms with van der Waals surface area (Å²) >= 11 is 1.65. The molecule has 0 saturated carbocycles. The molecule has 0 unspecified atom stereocenters. The highest BCUT2D eigenvalue weighted by Gasteiger charge is 2.19. The molecule has 0 fully saturated rings. The lowest BCUT2D eigenvalue weighted by Gasteiger charge is -2.19. The first-order valence-electron chi connectivity index (χ1n) is 9.63. The normalized spacial score (nSPS) is 11.3. The van der Waals surface area contributed by atoms with Crippen molar-refractivity contribution in [1.29, 1.82) is 0 Å². The van der Waals surface area contributed by atoms with E-state index in [9.17, 15) is 13.2 Å². The van der Waals surface area contributed by atoms with Crippen molar-refractivity contribution < 1.29 is 13.2 Å². The Labute approximate surface area is 177 Å². The van der Waals surface area contributed by atoms with Gasteiger partial charge in [-0.2, -0.15) is 0 Å². The topological polar surface area (TPSA) is 92.3 Å². The van der Waals surface area contributed by atoms with Gasteiger partial charge in [0.15, 0.2) is 5.82 Å². The molecule has 0 bridgehead atoms. The maximum Gasteiger partial charge on any atom is 0.259 e. The largest absolute Gasteiger partial charge is 0.305 e. The van der Waals surface area contributed by atoms with Gasteiger partial charge in [0.25, 0.3) is 5.91 Å². The number of nitrogens with one attached hydrogen (secondary N) is 1. The van der Waals surface area contributed by atoms with Gasteiger partial charge in [-0.1, -0.05) is 44.7 Å². The van der Waals surface area contributed by atoms with Gasteiger partial charge in [0.05, 0.1) is 17.5 Å². The molecular formula is C20H28N4O3S2. The molecular weight excluding hydrogens is 408 g/mol. The van der Waals surface area contributed by atoms with Gasteiger partial charge >= 0.3 is 0 Å². The minimum absolute atomic E-state index is 0.243. The Kier molecular flexibility index (Phi) is 8.91. The van der Waals surface area contributed by atoms with Crippen LogP contribution in [0.5, 0.6) is 0 Å². The van der Waals surface area contributed by atoms with Crippen LogP contribution in [-0.2, 0) is 10.0 Å². The molecule has 29 heavy (non-hydrogen) atoms. The number of sulfonamides is 1. The Morgan fingerprint density at radius 2 is 1.79 bits per heavy atom. The van der Waals surface area contributed by atoms with E-state index in [1.807, 2.05) is 6.07 Å². The minimum atomic E-state index is -3.48. The fraction of sp³-hybridized carbons (Fsp3) is 0.450. The van der Waals surface area contributed by atoms with E-state index in [2.05, 4.69) is 22.4 Å². The molecule has 7 nitrogen and oxygen atoms in total. The van der Waals surface area contributed by atoms with E-state index < -0.39 is 15.9 Å². The standard InChI is InChI=1S/C20H28N4O3S2/c1-4-5-6-7-10-15-28-19-14-13-18(22-23-19)21-20(25)16-11-8-9-12-17(16)24(2)29(3,26)27/h8-9,11-14H,4-7,10,15H2,1-3H3,(H,21,22,25). The second kappa shape index (κ2) is 11.2. The van der Waals surface area contributed by atoms with Crippen LogP contribution in [0.25, 0.3) is 0 Å². The summed E-state index contributed by atoms with van der Waals surface area (Å²) in [7, 11) is -2.07. The molecule has 0 atom stereocenters. The quantitative estimate of drug-likeness (QED) is 0.419. The zero-order chi connectivity index (χ0) is 21.3. The van der Waals surface area contributed by atoms with Gasteiger partial charge in [0.1, 0.15) is 5.03 Å². The van der Waals surface area contributed by atoms with Crippen LogP contribution in [0, 0.1) is 0 Å². The van der Waals surface area contributed by atoms with Crippen LogP contribution < -0.4 is 9.62 Å². The molecule has 9 heteroatoms. The summed E-state index contributed by atoms with van der Waals surface area (Å²) in [5.41, 5.74) is 0.545. The third kappa shape index (κ3) is 7.32. The number of hydrogen-bond donors (Lipinski definition) is 1. The summed E-state index contributed by atoms with van der Waals surface area (Å²) in [6.45, 7) is 2.20. The monoisotopic (exact) mass is 436 g/mol. The van der Waals surface area contributed by atoms with Gasteiger partial charge in [-0.05, 0) is 36.4 Å². The lowest BCUT2D eigenvalue weighted by molar-refractivity contribution is 0.102. The number of benzene rings is 1. The second-order valence-electron chi connectivity index (χ2n) is 6.72. The summed E-state index contributed by atoms with van der Waals surface area (Å²) in [6.07, 6.45) is 7.25. The van der Waals surface area contributed by atoms with Gasteiger partial charge in [-0.25, -0.2) is 8.42 Å². The van der Waals surface area contributed by atoms with E-state index in [-0.39, 0.29) is 5.56 Å². The van der Waals surface area contributed by atoms with Crippen molar-refractivity contribution in [2.45, 2.75) is 44.1 Å². The molecule has 0 spiro atoms. The smallest absolute Gasteiger partial charge is 0.259 e. The lowest BCUT2D eigenvalue weighted by Crippen LogP contribution is -2.27. The van der Waals surface area contributed by atoms with E-state index >= 15 is 0 Å². The SMILES string of the molecule is CCCCCCCSc1ccc(NC(=O)c2ccccc2N(C)S(C)(=O)=O)nn1. The maximum atomic E-state index is 12.6. The third-order valence-electron chi connectivity index (χ3n) is 4.36. The Balaban J connectivity index is 1.96. The maximum absolute atomic E-state index is 12.6.